The number of hydrogen-bond acceptors (Lipinski definition) is 5. The van der Waals surface area contributed by atoms with E-state index >= 15 is 0 Å². The zero-order chi connectivity index (χ0) is 19.8. The maximum Gasteiger partial charge on any atom is 0.337 e. The molecule has 0 aliphatic rings. The summed E-state index contributed by atoms with van der Waals surface area (Å²) in [6.45, 7) is 1.70. The molecule has 0 saturated carbocycles. The van der Waals surface area contributed by atoms with Crippen LogP contribution in [-0.2, 0) is 14.3 Å². The summed E-state index contributed by atoms with van der Waals surface area (Å²) in [5, 5.41) is 2.74. The molecule has 0 saturated heterocycles. The summed E-state index contributed by atoms with van der Waals surface area (Å²) in [6.07, 6.45) is 0.129. The van der Waals surface area contributed by atoms with Gasteiger partial charge in [-0.3, -0.25) is 9.59 Å². The van der Waals surface area contributed by atoms with E-state index in [2.05, 4.69) is 10.1 Å². The fourth-order valence-corrected chi connectivity index (χ4v) is 2.47. The number of methoxy groups -OCH3 is 2. The lowest BCUT2D eigenvalue weighted by atomic mass is 10.2. The fraction of sp³-hybridized carbons (Fsp3) is 0.250. The highest BCUT2D eigenvalue weighted by molar-refractivity contribution is 5.95. The van der Waals surface area contributed by atoms with Gasteiger partial charge in [0.2, 0.25) is 11.8 Å². The van der Waals surface area contributed by atoms with Gasteiger partial charge in [-0.2, -0.15) is 0 Å². The number of nitrogens with one attached hydrogen (secondary N) is 1. The van der Waals surface area contributed by atoms with Crippen molar-refractivity contribution in [3.8, 4) is 5.75 Å². The first-order valence-corrected chi connectivity index (χ1v) is 8.35. The minimum absolute atomic E-state index is 0.129. The van der Waals surface area contributed by atoms with Gasteiger partial charge in [0.1, 0.15) is 5.75 Å². The van der Waals surface area contributed by atoms with E-state index in [1.165, 1.54) is 18.9 Å². The molecular weight excluding hydrogens is 348 g/mol. The number of amides is 2. The summed E-state index contributed by atoms with van der Waals surface area (Å²) in [7, 11) is 2.88. The summed E-state index contributed by atoms with van der Waals surface area (Å²) in [4.78, 5) is 37.0. The third-order valence-electron chi connectivity index (χ3n) is 3.92. The van der Waals surface area contributed by atoms with E-state index < -0.39 is 5.97 Å². The van der Waals surface area contributed by atoms with Crippen LogP contribution in [0.2, 0.25) is 0 Å². The predicted octanol–water partition coefficient (Wildman–Crippen LogP) is 2.86. The maximum absolute atomic E-state index is 12.2. The number of carbonyl (C=O) groups is 3. The standard InChI is InChI=1S/C20H22N2O5/c1-14(23)22(17-8-10-18(26-2)11-9-17)13-12-19(24)21-16-6-4-15(5-7-16)20(25)27-3/h4-11H,12-13H2,1-3H3,(H,21,24). The summed E-state index contributed by atoms with van der Waals surface area (Å²) in [5.41, 5.74) is 1.66. The maximum atomic E-state index is 12.2. The molecule has 0 aromatic heterocycles. The molecule has 0 atom stereocenters. The van der Waals surface area contributed by atoms with Gasteiger partial charge in [-0.05, 0) is 48.5 Å². The van der Waals surface area contributed by atoms with Gasteiger partial charge in [0.05, 0.1) is 19.8 Å². The molecule has 7 nitrogen and oxygen atoms in total. The van der Waals surface area contributed by atoms with E-state index in [0.29, 0.717) is 22.7 Å². The summed E-state index contributed by atoms with van der Waals surface area (Å²) in [5.74, 6) is -0.143. The van der Waals surface area contributed by atoms with Crippen LogP contribution in [-0.4, -0.2) is 38.5 Å². The van der Waals surface area contributed by atoms with Gasteiger partial charge in [-0.1, -0.05) is 0 Å². The highest BCUT2D eigenvalue weighted by atomic mass is 16.5. The molecule has 0 aliphatic carbocycles. The molecule has 0 spiro atoms. The molecule has 1 N–H and O–H groups in total. The van der Waals surface area contributed by atoms with Crippen molar-refractivity contribution in [2.75, 3.05) is 31.0 Å². The Labute approximate surface area is 157 Å². The van der Waals surface area contributed by atoms with Gasteiger partial charge in [-0.25, -0.2) is 4.79 Å². The van der Waals surface area contributed by atoms with Crippen LogP contribution in [0.3, 0.4) is 0 Å². The van der Waals surface area contributed by atoms with Gasteiger partial charge >= 0.3 is 5.97 Å². The lowest BCUT2D eigenvalue weighted by Gasteiger charge is -2.21. The summed E-state index contributed by atoms with van der Waals surface area (Å²) in [6, 6.07) is 13.4. The van der Waals surface area contributed by atoms with E-state index in [0.717, 1.165) is 0 Å². The van der Waals surface area contributed by atoms with Gasteiger partial charge in [-0.15, -0.1) is 0 Å². The number of carbonyl (C=O) groups excluding carboxylic acids is 3. The molecule has 7 heteroatoms. The van der Waals surface area contributed by atoms with Crippen molar-refractivity contribution < 1.29 is 23.9 Å². The second-order valence-electron chi connectivity index (χ2n) is 5.74. The van der Waals surface area contributed by atoms with Crippen LogP contribution in [0.5, 0.6) is 5.75 Å². The normalized spacial score (nSPS) is 10.0. The fourth-order valence-electron chi connectivity index (χ4n) is 2.47. The van der Waals surface area contributed by atoms with Crippen molar-refractivity contribution in [3.05, 3.63) is 54.1 Å². The third-order valence-corrected chi connectivity index (χ3v) is 3.92. The highest BCUT2D eigenvalue weighted by Crippen LogP contribution is 2.20. The SMILES string of the molecule is COC(=O)c1ccc(NC(=O)CCN(C(C)=O)c2ccc(OC)cc2)cc1. The number of hydrogen-bond donors (Lipinski definition) is 1. The van der Waals surface area contributed by atoms with Gasteiger partial charge in [0.25, 0.3) is 0 Å². The molecule has 0 bridgehead atoms. The zero-order valence-corrected chi connectivity index (χ0v) is 15.5. The van der Waals surface area contributed by atoms with Crippen molar-refractivity contribution in [1.82, 2.24) is 0 Å². The number of ether oxygens (including phenoxy) is 2. The molecule has 2 aromatic carbocycles. The van der Waals surface area contributed by atoms with Crippen LogP contribution in [0.1, 0.15) is 23.7 Å². The van der Waals surface area contributed by atoms with Crippen molar-refractivity contribution in [2.24, 2.45) is 0 Å². The molecule has 0 radical (unpaired) electrons. The van der Waals surface area contributed by atoms with E-state index in [1.807, 2.05) is 0 Å². The van der Waals surface area contributed by atoms with Crippen molar-refractivity contribution in [2.45, 2.75) is 13.3 Å². The largest absolute Gasteiger partial charge is 0.497 e. The molecule has 2 aromatic rings. The predicted molar refractivity (Wildman–Crippen MR) is 102 cm³/mol. The molecule has 2 rings (SSSR count). The number of nitrogens with zero attached hydrogens (tertiary/aromatic N) is 1. The molecule has 0 aliphatic heterocycles. The number of anilines is 2. The van der Waals surface area contributed by atoms with E-state index in [-0.39, 0.29) is 24.8 Å². The lowest BCUT2D eigenvalue weighted by molar-refractivity contribution is -0.117. The second-order valence-corrected chi connectivity index (χ2v) is 5.74. The Hall–Kier alpha value is -3.35. The Balaban J connectivity index is 1.95. The number of rotatable bonds is 7. The van der Waals surface area contributed by atoms with Crippen molar-refractivity contribution >= 4 is 29.2 Å². The molecule has 2 amide bonds. The monoisotopic (exact) mass is 370 g/mol. The minimum Gasteiger partial charge on any atom is -0.497 e. The number of benzene rings is 2. The Morgan fingerprint density at radius 3 is 2.11 bits per heavy atom. The summed E-state index contributed by atoms with van der Waals surface area (Å²) >= 11 is 0. The van der Waals surface area contributed by atoms with Gasteiger partial charge in [0.15, 0.2) is 0 Å². The summed E-state index contributed by atoms with van der Waals surface area (Å²) < 4.78 is 9.74. The van der Waals surface area contributed by atoms with Crippen LogP contribution in [0.25, 0.3) is 0 Å². The average molecular weight is 370 g/mol. The first-order chi connectivity index (χ1) is 12.9. The van der Waals surface area contributed by atoms with E-state index in [9.17, 15) is 14.4 Å². The van der Waals surface area contributed by atoms with Crippen molar-refractivity contribution in [3.63, 3.8) is 0 Å². The van der Waals surface area contributed by atoms with Crippen LogP contribution >= 0.6 is 0 Å². The van der Waals surface area contributed by atoms with Crippen molar-refractivity contribution in [1.29, 1.82) is 0 Å². The molecule has 27 heavy (non-hydrogen) atoms. The van der Waals surface area contributed by atoms with Crippen LogP contribution < -0.4 is 15.0 Å². The Bertz CT molecular complexity index is 800. The topological polar surface area (TPSA) is 84.9 Å². The quantitative estimate of drug-likeness (QED) is 0.758. The van der Waals surface area contributed by atoms with Crippen LogP contribution in [0.4, 0.5) is 11.4 Å². The van der Waals surface area contributed by atoms with Crippen LogP contribution in [0, 0.1) is 0 Å². The Kier molecular flexibility index (Phi) is 6.93. The third kappa shape index (κ3) is 5.57. The van der Waals surface area contributed by atoms with Gasteiger partial charge < -0.3 is 19.7 Å². The lowest BCUT2D eigenvalue weighted by Crippen LogP contribution is -2.31. The van der Waals surface area contributed by atoms with Gasteiger partial charge in [0, 0.05) is 31.3 Å². The molecule has 0 heterocycles. The molecule has 142 valence electrons. The Morgan fingerprint density at radius 1 is 0.963 bits per heavy atom. The first kappa shape index (κ1) is 20.0. The Morgan fingerprint density at radius 2 is 1.59 bits per heavy atom. The smallest absolute Gasteiger partial charge is 0.337 e. The van der Waals surface area contributed by atoms with Crippen LogP contribution in [0.15, 0.2) is 48.5 Å². The minimum atomic E-state index is -0.440. The van der Waals surface area contributed by atoms with E-state index in [1.54, 1.807) is 55.6 Å². The average Bonchev–Trinajstić information content (AvgIpc) is 2.68. The van der Waals surface area contributed by atoms with E-state index in [4.69, 9.17) is 4.74 Å². The zero-order valence-electron chi connectivity index (χ0n) is 15.5. The second kappa shape index (κ2) is 9.38. The first-order valence-electron chi connectivity index (χ1n) is 8.35. The number of esters is 1. The molecular formula is C20H22N2O5. The molecule has 0 fully saturated rings. The highest BCUT2D eigenvalue weighted by Gasteiger charge is 2.14. The molecule has 0 unspecified atom stereocenters.